The van der Waals surface area contributed by atoms with Crippen LogP contribution in [0.1, 0.15) is 33.1 Å². The van der Waals surface area contributed by atoms with Crippen LogP contribution in [0.2, 0.25) is 0 Å². The van der Waals surface area contributed by atoms with Crippen LogP contribution in [-0.4, -0.2) is 18.2 Å². The first-order valence-electron chi connectivity index (χ1n) is 3.82. The van der Waals surface area contributed by atoms with E-state index < -0.39 is 15.4 Å². The van der Waals surface area contributed by atoms with Crippen LogP contribution < -0.4 is 0 Å². The van der Waals surface area contributed by atoms with E-state index in [1.165, 1.54) is 0 Å². The van der Waals surface area contributed by atoms with Crippen molar-refractivity contribution in [2.24, 2.45) is 0 Å². The molecular weight excluding hydrogens is 164 g/mol. The predicted octanol–water partition coefficient (Wildman–Crippen LogP) is 1.66. The van der Waals surface area contributed by atoms with Crippen molar-refractivity contribution in [1.29, 1.82) is 0 Å². The fourth-order valence-electron chi connectivity index (χ4n) is 0.936. The summed E-state index contributed by atoms with van der Waals surface area (Å²) >= 11 is 0. The second-order valence-electron chi connectivity index (χ2n) is 2.49. The van der Waals surface area contributed by atoms with Gasteiger partial charge in [0.1, 0.15) is 0 Å². The Morgan fingerprint density at radius 2 is 2.00 bits per heavy atom. The van der Waals surface area contributed by atoms with E-state index in [9.17, 15) is 8.42 Å². The molecule has 3 nitrogen and oxygen atoms in total. The van der Waals surface area contributed by atoms with Gasteiger partial charge in [0, 0.05) is 0 Å². The predicted molar refractivity (Wildman–Crippen MR) is 44.8 cm³/mol. The lowest BCUT2D eigenvalue weighted by Gasteiger charge is -2.09. The van der Waals surface area contributed by atoms with E-state index >= 15 is 0 Å². The molecule has 4 heteroatoms. The SMILES string of the molecule is CC[CH]C(CCC)S(=O)(=O)O. The molecule has 0 aromatic carbocycles. The van der Waals surface area contributed by atoms with Gasteiger partial charge in [-0.15, -0.1) is 0 Å². The Morgan fingerprint density at radius 1 is 1.45 bits per heavy atom. The summed E-state index contributed by atoms with van der Waals surface area (Å²) in [7, 11) is -3.84. The highest BCUT2D eigenvalue weighted by Gasteiger charge is 2.20. The maximum absolute atomic E-state index is 10.6. The van der Waals surface area contributed by atoms with Gasteiger partial charge in [-0.3, -0.25) is 4.55 Å². The Kier molecular flexibility index (Phi) is 4.68. The second-order valence-corrected chi connectivity index (χ2v) is 4.12. The highest BCUT2D eigenvalue weighted by Crippen LogP contribution is 2.11. The topological polar surface area (TPSA) is 54.4 Å². The zero-order valence-corrected chi connectivity index (χ0v) is 7.76. The quantitative estimate of drug-likeness (QED) is 0.653. The van der Waals surface area contributed by atoms with E-state index in [1.54, 1.807) is 6.42 Å². The maximum Gasteiger partial charge on any atom is 0.268 e. The molecule has 0 heterocycles. The van der Waals surface area contributed by atoms with Gasteiger partial charge in [-0.2, -0.15) is 8.42 Å². The number of rotatable bonds is 5. The summed E-state index contributed by atoms with van der Waals surface area (Å²) in [5.41, 5.74) is 0. The molecule has 67 valence electrons. The average molecular weight is 179 g/mol. The second kappa shape index (κ2) is 4.72. The van der Waals surface area contributed by atoms with Crippen molar-refractivity contribution in [2.75, 3.05) is 0 Å². The van der Waals surface area contributed by atoms with E-state index in [4.69, 9.17) is 4.55 Å². The molecule has 0 saturated heterocycles. The van der Waals surface area contributed by atoms with Crippen molar-refractivity contribution in [1.82, 2.24) is 0 Å². The van der Waals surface area contributed by atoms with Gasteiger partial charge in [0.2, 0.25) is 0 Å². The largest absolute Gasteiger partial charge is 0.285 e. The molecule has 0 spiro atoms. The molecule has 1 N–H and O–H groups in total. The van der Waals surface area contributed by atoms with Crippen molar-refractivity contribution in [3.05, 3.63) is 6.42 Å². The van der Waals surface area contributed by atoms with Crippen molar-refractivity contribution in [2.45, 2.75) is 38.4 Å². The third-order valence-corrected chi connectivity index (χ3v) is 2.65. The van der Waals surface area contributed by atoms with Crippen LogP contribution in [-0.2, 0) is 10.1 Å². The summed E-state index contributed by atoms with van der Waals surface area (Å²) in [5, 5.41) is -0.669. The zero-order chi connectivity index (χ0) is 8.91. The Labute approximate surface area is 68.6 Å². The monoisotopic (exact) mass is 179 g/mol. The van der Waals surface area contributed by atoms with E-state index in [1.807, 2.05) is 13.8 Å². The van der Waals surface area contributed by atoms with Crippen molar-refractivity contribution >= 4 is 10.1 Å². The lowest BCUT2D eigenvalue weighted by atomic mass is 10.2. The van der Waals surface area contributed by atoms with Gasteiger partial charge < -0.3 is 0 Å². The molecule has 1 unspecified atom stereocenters. The van der Waals surface area contributed by atoms with Gasteiger partial charge in [0.25, 0.3) is 10.1 Å². The molecule has 0 saturated carbocycles. The molecule has 0 bridgehead atoms. The van der Waals surface area contributed by atoms with Crippen LogP contribution in [0.5, 0.6) is 0 Å². The fourth-order valence-corrected chi connectivity index (χ4v) is 1.91. The van der Waals surface area contributed by atoms with E-state index in [0.29, 0.717) is 12.8 Å². The number of hydrogen-bond acceptors (Lipinski definition) is 2. The Morgan fingerprint density at radius 3 is 2.27 bits per heavy atom. The minimum Gasteiger partial charge on any atom is -0.285 e. The minimum absolute atomic E-state index is 0.507. The maximum atomic E-state index is 10.6. The normalized spacial score (nSPS) is 12.4. The molecule has 1 atom stereocenters. The van der Waals surface area contributed by atoms with Gasteiger partial charge in [0.15, 0.2) is 0 Å². The van der Waals surface area contributed by atoms with Gasteiger partial charge in [0.05, 0.1) is 5.25 Å². The lowest BCUT2D eigenvalue weighted by Crippen LogP contribution is -2.20. The van der Waals surface area contributed by atoms with Crippen molar-refractivity contribution in [3.8, 4) is 0 Å². The van der Waals surface area contributed by atoms with Gasteiger partial charge >= 0.3 is 0 Å². The van der Waals surface area contributed by atoms with Crippen LogP contribution in [0, 0.1) is 6.42 Å². The highest BCUT2D eigenvalue weighted by atomic mass is 32.2. The molecule has 1 radical (unpaired) electrons. The molecular formula is C7H15O3S. The molecule has 0 rings (SSSR count). The molecule has 0 aromatic heterocycles. The summed E-state index contributed by atoms with van der Waals surface area (Å²) in [5.74, 6) is 0. The third-order valence-electron chi connectivity index (χ3n) is 1.45. The van der Waals surface area contributed by atoms with Gasteiger partial charge in [-0.05, 0) is 12.8 Å². The fraction of sp³-hybridized carbons (Fsp3) is 0.857. The molecule has 0 aliphatic carbocycles. The van der Waals surface area contributed by atoms with E-state index in [2.05, 4.69) is 0 Å². The average Bonchev–Trinajstić information content (AvgIpc) is 1.85. The Hall–Kier alpha value is -0.0900. The van der Waals surface area contributed by atoms with Crippen LogP contribution in [0.15, 0.2) is 0 Å². The van der Waals surface area contributed by atoms with Gasteiger partial charge in [-0.25, -0.2) is 0 Å². The third kappa shape index (κ3) is 4.37. The van der Waals surface area contributed by atoms with Crippen molar-refractivity contribution in [3.63, 3.8) is 0 Å². The molecule has 0 amide bonds. The summed E-state index contributed by atoms with van der Waals surface area (Å²) in [4.78, 5) is 0. The first kappa shape index (κ1) is 10.9. The van der Waals surface area contributed by atoms with Crippen molar-refractivity contribution < 1.29 is 13.0 Å². The lowest BCUT2D eigenvalue weighted by molar-refractivity contribution is 0.466. The highest BCUT2D eigenvalue weighted by molar-refractivity contribution is 7.86. The van der Waals surface area contributed by atoms with Crippen LogP contribution in [0.4, 0.5) is 0 Å². The Balaban J connectivity index is 4.11. The van der Waals surface area contributed by atoms with Crippen LogP contribution >= 0.6 is 0 Å². The van der Waals surface area contributed by atoms with E-state index in [-0.39, 0.29) is 0 Å². The van der Waals surface area contributed by atoms with Crippen LogP contribution in [0.3, 0.4) is 0 Å². The van der Waals surface area contributed by atoms with Gasteiger partial charge in [-0.1, -0.05) is 26.7 Å². The first-order chi connectivity index (χ1) is 5.02. The smallest absolute Gasteiger partial charge is 0.268 e. The summed E-state index contributed by atoms with van der Waals surface area (Å²) in [6.45, 7) is 3.75. The molecule has 0 aromatic rings. The molecule has 11 heavy (non-hydrogen) atoms. The van der Waals surface area contributed by atoms with Crippen LogP contribution in [0.25, 0.3) is 0 Å². The Bertz CT molecular complexity index is 178. The molecule has 0 aliphatic heterocycles. The summed E-state index contributed by atoms with van der Waals surface area (Å²) < 4.78 is 30.0. The summed E-state index contributed by atoms with van der Waals surface area (Å²) in [6.07, 6.45) is 3.57. The first-order valence-corrected chi connectivity index (χ1v) is 5.32. The standard InChI is InChI=1S/C7H15O3S/c1-3-5-7(6-4-2)11(8,9)10/h5,7H,3-4,6H2,1-2H3,(H,8,9,10). The number of hydrogen-bond donors (Lipinski definition) is 1. The summed E-state index contributed by atoms with van der Waals surface area (Å²) in [6, 6.07) is 0. The zero-order valence-electron chi connectivity index (χ0n) is 6.95. The minimum atomic E-state index is -3.84. The molecule has 0 aliphatic rings. The van der Waals surface area contributed by atoms with E-state index in [0.717, 1.165) is 6.42 Å². The molecule has 0 fully saturated rings.